The first-order valence-electron chi connectivity index (χ1n) is 4.05. The fourth-order valence-corrected chi connectivity index (χ4v) is 1.49. The van der Waals surface area contributed by atoms with E-state index in [1.807, 2.05) is 4.57 Å². The Morgan fingerprint density at radius 3 is 3.33 bits per heavy atom. The number of rotatable bonds is 1. The Bertz CT molecular complexity index is 316. The van der Waals surface area contributed by atoms with Gasteiger partial charge in [0.25, 0.3) is 0 Å². The molecular formula is C8H11N3O. The summed E-state index contributed by atoms with van der Waals surface area (Å²) in [7, 11) is 0. The number of imidazole rings is 1. The van der Waals surface area contributed by atoms with Gasteiger partial charge in [-0.1, -0.05) is 0 Å². The zero-order valence-corrected chi connectivity index (χ0v) is 7.00. The van der Waals surface area contributed by atoms with Gasteiger partial charge in [0.2, 0.25) is 0 Å². The van der Waals surface area contributed by atoms with Crippen LogP contribution < -0.4 is 5.32 Å². The van der Waals surface area contributed by atoms with Gasteiger partial charge in [-0.05, 0) is 0 Å². The number of hydrogen-bond acceptors (Lipinski definition) is 3. The van der Waals surface area contributed by atoms with E-state index in [0.29, 0.717) is 5.82 Å². The van der Waals surface area contributed by atoms with Crippen molar-refractivity contribution in [3.63, 3.8) is 0 Å². The second kappa shape index (κ2) is 2.71. The van der Waals surface area contributed by atoms with Crippen molar-refractivity contribution < 1.29 is 4.79 Å². The highest BCUT2D eigenvalue weighted by atomic mass is 16.1. The van der Waals surface area contributed by atoms with Crippen molar-refractivity contribution in [3.05, 3.63) is 17.7 Å². The molecule has 1 aromatic rings. The molecule has 0 aromatic carbocycles. The first-order valence-corrected chi connectivity index (χ1v) is 4.05. The van der Waals surface area contributed by atoms with Crippen molar-refractivity contribution in [1.29, 1.82) is 0 Å². The van der Waals surface area contributed by atoms with Crippen molar-refractivity contribution in [2.24, 2.45) is 0 Å². The molecule has 2 heterocycles. The number of nitrogens with one attached hydrogen (secondary N) is 1. The number of ketones is 1. The molecule has 0 amide bonds. The van der Waals surface area contributed by atoms with E-state index in [4.69, 9.17) is 0 Å². The normalized spacial score (nSPS) is 15.8. The summed E-state index contributed by atoms with van der Waals surface area (Å²) in [5.41, 5.74) is 1.10. The van der Waals surface area contributed by atoms with E-state index < -0.39 is 0 Å². The first kappa shape index (κ1) is 7.49. The van der Waals surface area contributed by atoms with E-state index in [2.05, 4.69) is 10.3 Å². The van der Waals surface area contributed by atoms with Gasteiger partial charge in [-0.3, -0.25) is 4.79 Å². The van der Waals surface area contributed by atoms with Crippen molar-refractivity contribution in [2.45, 2.75) is 20.0 Å². The van der Waals surface area contributed by atoms with Crippen LogP contribution in [-0.2, 0) is 13.1 Å². The van der Waals surface area contributed by atoms with E-state index >= 15 is 0 Å². The smallest absolute Gasteiger partial charge is 0.195 e. The Balaban J connectivity index is 2.44. The number of hydrogen-bond donors (Lipinski definition) is 1. The van der Waals surface area contributed by atoms with Crippen LogP contribution in [0.4, 0.5) is 0 Å². The summed E-state index contributed by atoms with van der Waals surface area (Å²) in [4.78, 5) is 15.1. The van der Waals surface area contributed by atoms with Crippen molar-refractivity contribution in [1.82, 2.24) is 14.9 Å². The van der Waals surface area contributed by atoms with E-state index in [-0.39, 0.29) is 5.78 Å². The second-order valence-corrected chi connectivity index (χ2v) is 2.96. The Labute approximate surface area is 70.6 Å². The summed E-state index contributed by atoms with van der Waals surface area (Å²) in [6.45, 7) is 4.14. The Hall–Kier alpha value is -1.16. The molecule has 64 valence electrons. The molecule has 0 atom stereocenters. The molecule has 1 aliphatic rings. The lowest BCUT2D eigenvalue weighted by Crippen LogP contribution is -2.29. The molecular weight excluding hydrogens is 154 g/mol. The maximum atomic E-state index is 11.1. The van der Waals surface area contributed by atoms with Crippen molar-refractivity contribution in [3.8, 4) is 0 Å². The van der Waals surface area contributed by atoms with Gasteiger partial charge < -0.3 is 9.88 Å². The zero-order chi connectivity index (χ0) is 8.55. The average molecular weight is 165 g/mol. The van der Waals surface area contributed by atoms with Gasteiger partial charge in [-0.2, -0.15) is 0 Å². The third kappa shape index (κ3) is 1.04. The SMILES string of the molecule is CC(=O)c1ncc2n1CCNC2. The summed E-state index contributed by atoms with van der Waals surface area (Å²) in [6, 6.07) is 0. The second-order valence-electron chi connectivity index (χ2n) is 2.96. The minimum absolute atomic E-state index is 0.0446. The molecule has 1 aliphatic heterocycles. The summed E-state index contributed by atoms with van der Waals surface area (Å²) in [5, 5.41) is 3.22. The molecule has 0 saturated carbocycles. The van der Waals surface area contributed by atoms with Crippen LogP contribution in [0.5, 0.6) is 0 Å². The van der Waals surface area contributed by atoms with E-state index in [1.165, 1.54) is 0 Å². The fraction of sp³-hybridized carbons (Fsp3) is 0.500. The van der Waals surface area contributed by atoms with Gasteiger partial charge in [0.1, 0.15) is 0 Å². The first-order chi connectivity index (χ1) is 5.79. The minimum Gasteiger partial charge on any atom is -0.323 e. The van der Waals surface area contributed by atoms with Gasteiger partial charge in [-0.15, -0.1) is 0 Å². The lowest BCUT2D eigenvalue weighted by Gasteiger charge is -2.16. The minimum atomic E-state index is 0.0446. The molecule has 0 bridgehead atoms. The van der Waals surface area contributed by atoms with Gasteiger partial charge in [-0.25, -0.2) is 4.98 Å². The van der Waals surface area contributed by atoms with Crippen LogP contribution in [0.2, 0.25) is 0 Å². The van der Waals surface area contributed by atoms with Crippen LogP contribution in [-0.4, -0.2) is 21.9 Å². The molecule has 0 unspecified atom stereocenters. The van der Waals surface area contributed by atoms with E-state index in [0.717, 1.165) is 25.3 Å². The van der Waals surface area contributed by atoms with E-state index in [9.17, 15) is 4.79 Å². The summed E-state index contributed by atoms with van der Waals surface area (Å²) in [5.74, 6) is 0.634. The number of fused-ring (bicyclic) bond motifs is 1. The lowest BCUT2D eigenvalue weighted by atomic mass is 10.3. The van der Waals surface area contributed by atoms with Gasteiger partial charge in [0, 0.05) is 26.6 Å². The molecule has 1 N–H and O–H groups in total. The monoisotopic (exact) mass is 165 g/mol. The number of nitrogens with zero attached hydrogens (tertiary/aromatic N) is 2. The lowest BCUT2D eigenvalue weighted by molar-refractivity contribution is 0.0998. The largest absolute Gasteiger partial charge is 0.323 e. The third-order valence-corrected chi connectivity index (χ3v) is 2.07. The predicted octanol–water partition coefficient (Wildman–Crippen LogP) is 0.189. The molecule has 4 heteroatoms. The highest BCUT2D eigenvalue weighted by Gasteiger charge is 2.15. The van der Waals surface area contributed by atoms with Gasteiger partial charge in [0.15, 0.2) is 11.6 Å². The molecule has 2 rings (SSSR count). The van der Waals surface area contributed by atoms with Crippen LogP contribution in [0.25, 0.3) is 0 Å². The summed E-state index contributed by atoms with van der Waals surface area (Å²) < 4.78 is 1.98. The maximum Gasteiger partial charge on any atom is 0.195 e. The van der Waals surface area contributed by atoms with Gasteiger partial charge in [0.05, 0.1) is 11.9 Å². The van der Waals surface area contributed by atoms with Crippen LogP contribution in [0.15, 0.2) is 6.20 Å². The number of carbonyl (C=O) groups is 1. The molecule has 4 nitrogen and oxygen atoms in total. The number of Topliss-reactive ketones (excluding diaryl/α,β-unsaturated/α-hetero) is 1. The molecule has 1 aromatic heterocycles. The van der Waals surface area contributed by atoms with Crippen molar-refractivity contribution >= 4 is 5.78 Å². The fourth-order valence-electron chi connectivity index (χ4n) is 1.49. The molecule has 0 saturated heterocycles. The number of aromatic nitrogens is 2. The predicted molar refractivity (Wildman–Crippen MR) is 43.9 cm³/mol. The topological polar surface area (TPSA) is 46.9 Å². The molecule has 0 fully saturated rings. The standard InChI is InChI=1S/C8H11N3O/c1-6(12)8-10-5-7-4-9-2-3-11(7)8/h5,9H,2-4H2,1H3. The Kier molecular flexibility index (Phi) is 1.69. The molecule has 0 radical (unpaired) electrons. The Morgan fingerprint density at radius 1 is 1.75 bits per heavy atom. The van der Waals surface area contributed by atoms with E-state index in [1.54, 1.807) is 13.1 Å². The molecule has 0 aliphatic carbocycles. The third-order valence-electron chi connectivity index (χ3n) is 2.07. The number of carbonyl (C=O) groups excluding carboxylic acids is 1. The van der Waals surface area contributed by atoms with Crippen LogP contribution in [0.1, 0.15) is 23.2 Å². The van der Waals surface area contributed by atoms with Crippen LogP contribution >= 0.6 is 0 Å². The maximum absolute atomic E-state index is 11.1. The van der Waals surface area contributed by atoms with Crippen LogP contribution in [0.3, 0.4) is 0 Å². The summed E-state index contributed by atoms with van der Waals surface area (Å²) in [6.07, 6.45) is 1.77. The Morgan fingerprint density at radius 2 is 2.58 bits per heavy atom. The highest BCUT2D eigenvalue weighted by Crippen LogP contribution is 2.08. The average Bonchev–Trinajstić information content (AvgIpc) is 2.47. The highest BCUT2D eigenvalue weighted by molar-refractivity contribution is 5.90. The quantitative estimate of drug-likeness (QED) is 0.604. The molecule has 0 spiro atoms. The van der Waals surface area contributed by atoms with Gasteiger partial charge >= 0.3 is 0 Å². The molecule has 12 heavy (non-hydrogen) atoms. The zero-order valence-electron chi connectivity index (χ0n) is 7.00. The summed E-state index contributed by atoms with van der Waals surface area (Å²) >= 11 is 0. The van der Waals surface area contributed by atoms with Crippen LogP contribution in [0, 0.1) is 0 Å². The van der Waals surface area contributed by atoms with Crippen molar-refractivity contribution in [2.75, 3.05) is 6.54 Å².